The first kappa shape index (κ1) is 20.4. The van der Waals surface area contributed by atoms with Gasteiger partial charge in [0.15, 0.2) is 0 Å². The van der Waals surface area contributed by atoms with Crippen LogP contribution in [0.25, 0.3) is 11.0 Å². The number of hydrogen-bond acceptors (Lipinski definition) is 4. The number of hydrogen-bond donors (Lipinski definition) is 1. The molecule has 1 atom stereocenters. The van der Waals surface area contributed by atoms with Crippen LogP contribution in [0.2, 0.25) is 0 Å². The number of nitrogens with one attached hydrogen (secondary N) is 1. The molecule has 0 saturated carbocycles. The molecule has 158 valence electrons. The summed E-state index contributed by atoms with van der Waals surface area (Å²) in [7, 11) is 3.64. The van der Waals surface area contributed by atoms with Gasteiger partial charge in [-0.3, -0.25) is 4.79 Å². The van der Waals surface area contributed by atoms with Crippen molar-refractivity contribution in [3.8, 4) is 5.75 Å². The fourth-order valence-electron chi connectivity index (χ4n) is 4.45. The number of methoxy groups -OCH3 is 1. The van der Waals surface area contributed by atoms with Gasteiger partial charge in [-0.15, -0.1) is 0 Å². The summed E-state index contributed by atoms with van der Waals surface area (Å²) in [6.07, 6.45) is 4.99. The van der Waals surface area contributed by atoms with Gasteiger partial charge in [-0.1, -0.05) is 18.2 Å². The van der Waals surface area contributed by atoms with Gasteiger partial charge in [0.25, 0.3) is 5.91 Å². The minimum Gasteiger partial charge on any atom is -0.496 e. The Kier molecular flexibility index (Phi) is 6.33. The summed E-state index contributed by atoms with van der Waals surface area (Å²) in [5.74, 6) is 1.53. The normalized spacial score (nSPS) is 17.2. The maximum atomic E-state index is 12.9. The van der Waals surface area contributed by atoms with Crippen LogP contribution in [0.15, 0.2) is 48.8 Å². The molecule has 1 amide bonds. The van der Waals surface area contributed by atoms with E-state index in [1.54, 1.807) is 13.4 Å². The molecular formula is C24H30N4O2. The van der Waals surface area contributed by atoms with E-state index < -0.39 is 0 Å². The van der Waals surface area contributed by atoms with Crippen molar-refractivity contribution in [1.82, 2.24) is 19.8 Å². The second kappa shape index (κ2) is 9.30. The van der Waals surface area contributed by atoms with E-state index in [2.05, 4.69) is 27.0 Å². The van der Waals surface area contributed by atoms with Gasteiger partial charge in [0.1, 0.15) is 5.75 Å². The molecule has 1 N–H and O–H groups in total. The van der Waals surface area contributed by atoms with Gasteiger partial charge in [0.05, 0.1) is 24.5 Å². The molecule has 0 unspecified atom stereocenters. The third-order valence-corrected chi connectivity index (χ3v) is 6.04. The molecule has 2 heterocycles. The van der Waals surface area contributed by atoms with Crippen molar-refractivity contribution >= 4 is 16.9 Å². The monoisotopic (exact) mass is 406 g/mol. The molecule has 2 aromatic carbocycles. The highest BCUT2D eigenvalue weighted by Crippen LogP contribution is 2.22. The number of H-pyrrole nitrogens is 1. The maximum Gasteiger partial charge on any atom is 0.253 e. The van der Waals surface area contributed by atoms with Crippen LogP contribution in [-0.4, -0.2) is 66.0 Å². The van der Waals surface area contributed by atoms with E-state index in [1.807, 2.05) is 42.3 Å². The number of imidazole rings is 1. The lowest BCUT2D eigenvalue weighted by molar-refractivity contribution is 0.0730. The molecule has 1 aliphatic heterocycles. The molecule has 0 aliphatic carbocycles. The van der Waals surface area contributed by atoms with E-state index >= 15 is 0 Å². The predicted octanol–water partition coefficient (Wildman–Crippen LogP) is 3.60. The van der Waals surface area contributed by atoms with Crippen LogP contribution in [0, 0.1) is 5.92 Å². The second-order valence-electron chi connectivity index (χ2n) is 8.19. The summed E-state index contributed by atoms with van der Waals surface area (Å²) < 4.78 is 5.48. The summed E-state index contributed by atoms with van der Waals surface area (Å²) in [5.41, 5.74) is 3.74. The molecule has 1 aromatic heterocycles. The molecule has 3 aromatic rings. The van der Waals surface area contributed by atoms with Crippen LogP contribution < -0.4 is 4.74 Å². The molecule has 6 nitrogen and oxygen atoms in total. The number of carbonyl (C=O) groups is 1. The number of piperidine rings is 1. The number of para-hydroxylation sites is 1. The Morgan fingerprint density at radius 3 is 3.03 bits per heavy atom. The van der Waals surface area contributed by atoms with E-state index in [4.69, 9.17) is 4.74 Å². The minimum atomic E-state index is 0.0673. The minimum absolute atomic E-state index is 0.0673. The van der Waals surface area contributed by atoms with Crippen molar-refractivity contribution in [2.75, 3.05) is 40.3 Å². The van der Waals surface area contributed by atoms with Crippen molar-refractivity contribution in [3.63, 3.8) is 0 Å². The van der Waals surface area contributed by atoms with Crippen LogP contribution in [0.4, 0.5) is 0 Å². The van der Waals surface area contributed by atoms with Crippen molar-refractivity contribution < 1.29 is 9.53 Å². The van der Waals surface area contributed by atoms with Gasteiger partial charge >= 0.3 is 0 Å². The van der Waals surface area contributed by atoms with Crippen molar-refractivity contribution in [3.05, 3.63) is 59.9 Å². The largest absolute Gasteiger partial charge is 0.496 e. The molecule has 30 heavy (non-hydrogen) atoms. The van der Waals surface area contributed by atoms with Gasteiger partial charge in [-0.25, -0.2) is 4.98 Å². The summed E-state index contributed by atoms with van der Waals surface area (Å²) in [4.78, 5) is 24.6. The van der Waals surface area contributed by atoms with E-state index in [9.17, 15) is 4.79 Å². The Morgan fingerprint density at radius 2 is 2.17 bits per heavy atom. The number of rotatable bonds is 7. The van der Waals surface area contributed by atoms with Crippen LogP contribution in [0.1, 0.15) is 28.8 Å². The molecular weight excluding hydrogens is 376 g/mol. The predicted molar refractivity (Wildman–Crippen MR) is 119 cm³/mol. The zero-order valence-corrected chi connectivity index (χ0v) is 17.8. The number of carbonyl (C=O) groups excluding carboxylic acids is 1. The molecule has 0 radical (unpaired) electrons. The first-order chi connectivity index (χ1) is 14.6. The number of amides is 1. The topological polar surface area (TPSA) is 61.5 Å². The lowest BCUT2D eigenvalue weighted by Gasteiger charge is -2.34. The third-order valence-electron chi connectivity index (χ3n) is 6.04. The third kappa shape index (κ3) is 4.65. The number of ether oxygens (including phenoxy) is 1. The summed E-state index contributed by atoms with van der Waals surface area (Å²) in [6.45, 7) is 3.96. The number of aromatic amines is 1. The van der Waals surface area contributed by atoms with Gasteiger partial charge < -0.3 is 19.5 Å². The van der Waals surface area contributed by atoms with E-state index in [-0.39, 0.29) is 5.91 Å². The molecule has 0 spiro atoms. The summed E-state index contributed by atoms with van der Waals surface area (Å²) in [6, 6.07) is 13.9. The Morgan fingerprint density at radius 1 is 1.30 bits per heavy atom. The highest BCUT2D eigenvalue weighted by Gasteiger charge is 2.23. The van der Waals surface area contributed by atoms with Gasteiger partial charge in [0.2, 0.25) is 0 Å². The first-order valence-corrected chi connectivity index (χ1v) is 10.7. The number of aromatic nitrogens is 2. The standard InChI is InChI=1S/C24H30N4O2/c1-27(24(29)20-9-10-21-22(14-20)26-17-25-21)15-18-6-5-12-28(16-18)13-11-19-7-3-4-8-23(19)30-2/h3-4,7-10,14,17-18H,5-6,11-13,15-16H2,1-2H3,(H,25,26)/t18-/m0/s1. The van der Waals surface area contributed by atoms with Crippen LogP contribution in [-0.2, 0) is 6.42 Å². The Hall–Kier alpha value is -2.86. The number of likely N-dealkylation sites (tertiary alicyclic amines) is 1. The number of fused-ring (bicyclic) bond motifs is 1. The molecule has 1 fully saturated rings. The molecule has 1 aliphatic rings. The number of nitrogens with zero attached hydrogens (tertiary/aromatic N) is 3. The van der Waals surface area contributed by atoms with E-state index in [1.165, 1.54) is 18.4 Å². The lowest BCUT2D eigenvalue weighted by Crippen LogP contribution is -2.42. The average Bonchev–Trinajstić information content (AvgIpc) is 3.25. The quantitative estimate of drug-likeness (QED) is 0.651. The van der Waals surface area contributed by atoms with Crippen molar-refractivity contribution in [2.24, 2.45) is 5.92 Å². The highest BCUT2D eigenvalue weighted by atomic mass is 16.5. The van der Waals surface area contributed by atoms with Crippen molar-refractivity contribution in [2.45, 2.75) is 19.3 Å². The average molecular weight is 407 g/mol. The zero-order chi connectivity index (χ0) is 20.9. The first-order valence-electron chi connectivity index (χ1n) is 10.7. The molecule has 6 heteroatoms. The molecule has 4 rings (SSSR count). The van der Waals surface area contributed by atoms with E-state index in [0.29, 0.717) is 11.5 Å². The van der Waals surface area contributed by atoms with Crippen molar-refractivity contribution in [1.29, 1.82) is 0 Å². The Labute approximate surface area is 177 Å². The smallest absolute Gasteiger partial charge is 0.253 e. The SMILES string of the molecule is COc1ccccc1CCN1CCC[C@@H](CN(C)C(=O)c2ccc3nc[nH]c3c2)C1. The van der Waals surface area contributed by atoms with E-state index in [0.717, 1.165) is 49.4 Å². The lowest BCUT2D eigenvalue weighted by atomic mass is 9.96. The van der Waals surface area contributed by atoms with Gasteiger partial charge in [0, 0.05) is 32.2 Å². The fourth-order valence-corrected chi connectivity index (χ4v) is 4.45. The van der Waals surface area contributed by atoms with Crippen LogP contribution in [0.3, 0.4) is 0 Å². The molecule has 0 bridgehead atoms. The maximum absolute atomic E-state index is 12.9. The Bertz CT molecular complexity index is 1000. The highest BCUT2D eigenvalue weighted by molar-refractivity contribution is 5.97. The fraction of sp³-hybridized carbons (Fsp3) is 0.417. The van der Waals surface area contributed by atoms with Gasteiger partial charge in [-0.05, 0) is 61.6 Å². The van der Waals surface area contributed by atoms with Gasteiger partial charge in [-0.2, -0.15) is 0 Å². The molecule has 1 saturated heterocycles. The zero-order valence-electron chi connectivity index (χ0n) is 17.8. The summed E-state index contributed by atoms with van der Waals surface area (Å²) >= 11 is 0. The summed E-state index contributed by atoms with van der Waals surface area (Å²) in [5, 5.41) is 0. The second-order valence-corrected chi connectivity index (χ2v) is 8.19. The number of benzene rings is 2. The Balaban J connectivity index is 1.32. The van der Waals surface area contributed by atoms with Crippen LogP contribution in [0.5, 0.6) is 5.75 Å². The van der Waals surface area contributed by atoms with Crippen LogP contribution >= 0.6 is 0 Å².